The molecule has 0 bridgehead atoms. The molecule has 0 heterocycles. The molecular formula is C18H20N2O. The van der Waals surface area contributed by atoms with Gasteiger partial charge in [-0.25, -0.2) is 4.79 Å². The number of aryl methyl sites for hydroxylation is 2. The van der Waals surface area contributed by atoms with E-state index in [2.05, 4.69) is 22.8 Å². The molecule has 2 atom stereocenters. The summed E-state index contributed by atoms with van der Waals surface area (Å²) in [6.45, 7) is 4.02. The third kappa shape index (κ3) is 3.24. The molecule has 1 aliphatic rings. The maximum Gasteiger partial charge on any atom is 0.319 e. The first-order chi connectivity index (χ1) is 10.1. The summed E-state index contributed by atoms with van der Waals surface area (Å²) in [4.78, 5) is 12.1. The second-order valence-corrected chi connectivity index (χ2v) is 5.78. The molecule has 2 N–H and O–H groups in total. The number of carbonyl (C=O) groups is 1. The van der Waals surface area contributed by atoms with Gasteiger partial charge in [-0.2, -0.15) is 0 Å². The maximum absolute atomic E-state index is 12.1. The normalized spacial score (nSPS) is 19.9. The van der Waals surface area contributed by atoms with E-state index < -0.39 is 0 Å². The highest BCUT2D eigenvalue weighted by molar-refractivity contribution is 5.90. The van der Waals surface area contributed by atoms with Gasteiger partial charge in [0, 0.05) is 17.6 Å². The van der Waals surface area contributed by atoms with Crippen LogP contribution in [-0.4, -0.2) is 12.1 Å². The van der Waals surface area contributed by atoms with Crippen LogP contribution in [0, 0.1) is 13.8 Å². The molecule has 0 aliphatic heterocycles. The van der Waals surface area contributed by atoms with E-state index in [1.165, 1.54) is 5.56 Å². The molecule has 1 fully saturated rings. The summed E-state index contributed by atoms with van der Waals surface area (Å²) < 4.78 is 0. The van der Waals surface area contributed by atoms with Gasteiger partial charge in [-0.05, 0) is 43.0 Å². The monoisotopic (exact) mass is 280 g/mol. The molecule has 2 amide bonds. The number of hydrogen-bond donors (Lipinski definition) is 2. The molecule has 21 heavy (non-hydrogen) atoms. The minimum absolute atomic E-state index is 0.118. The van der Waals surface area contributed by atoms with E-state index in [0.717, 1.165) is 23.2 Å². The number of rotatable bonds is 3. The van der Waals surface area contributed by atoms with Gasteiger partial charge in [0.05, 0.1) is 0 Å². The Morgan fingerprint density at radius 1 is 1.10 bits per heavy atom. The molecule has 0 aromatic heterocycles. The number of nitrogens with one attached hydrogen (secondary N) is 2. The summed E-state index contributed by atoms with van der Waals surface area (Å²) in [5.74, 6) is 0.454. The predicted molar refractivity (Wildman–Crippen MR) is 85.7 cm³/mol. The van der Waals surface area contributed by atoms with Crippen LogP contribution in [0.3, 0.4) is 0 Å². The van der Waals surface area contributed by atoms with Crippen molar-refractivity contribution >= 4 is 11.7 Å². The number of benzene rings is 2. The van der Waals surface area contributed by atoms with Crippen LogP contribution in [0.1, 0.15) is 29.0 Å². The molecule has 1 saturated carbocycles. The summed E-state index contributed by atoms with van der Waals surface area (Å²) in [5, 5.41) is 5.99. The van der Waals surface area contributed by atoms with Gasteiger partial charge in [0.1, 0.15) is 0 Å². The average Bonchev–Trinajstić information content (AvgIpc) is 3.23. The van der Waals surface area contributed by atoms with E-state index in [1.807, 2.05) is 50.2 Å². The SMILES string of the molecule is Cc1ccc(C)c(NC(=O)NC2CC2c2ccccc2)c1. The summed E-state index contributed by atoms with van der Waals surface area (Å²) >= 11 is 0. The zero-order valence-electron chi connectivity index (χ0n) is 12.4. The lowest BCUT2D eigenvalue weighted by atomic mass is 10.1. The minimum Gasteiger partial charge on any atom is -0.334 e. The van der Waals surface area contributed by atoms with Gasteiger partial charge in [0.2, 0.25) is 0 Å². The van der Waals surface area contributed by atoms with Gasteiger partial charge >= 0.3 is 6.03 Å². The Kier molecular flexibility index (Phi) is 3.65. The van der Waals surface area contributed by atoms with Crippen LogP contribution in [0.25, 0.3) is 0 Å². The van der Waals surface area contributed by atoms with Crippen molar-refractivity contribution in [1.29, 1.82) is 0 Å². The molecule has 2 unspecified atom stereocenters. The van der Waals surface area contributed by atoms with Gasteiger partial charge in [0.15, 0.2) is 0 Å². The summed E-state index contributed by atoms with van der Waals surface area (Å²) in [6.07, 6.45) is 1.02. The number of anilines is 1. The maximum atomic E-state index is 12.1. The van der Waals surface area contributed by atoms with Gasteiger partial charge in [-0.15, -0.1) is 0 Å². The fourth-order valence-electron chi connectivity index (χ4n) is 2.62. The van der Waals surface area contributed by atoms with Crippen molar-refractivity contribution in [3.63, 3.8) is 0 Å². The molecule has 0 saturated heterocycles. The fourth-order valence-corrected chi connectivity index (χ4v) is 2.62. The van der Waals surface area contributed by atoms with Crippen LogP contribution >= 0.6 is 0 Å². The van der Waals surface area contributed by atoms with Crippen LogP contribution in [-0.2, 0) is 0 Å². The number of carbonyl (C=O) groups excluding carboxylic acids is 1. The first-order valence-electron chi connectivity index (χ1n) is 7.33. The summed E-state index contributed by atoms with van der Waals surface area (Å²) in [6, 6.07) is 16.5. The van der Waals surface area contributed by atoms with Crippen molar-refractivity contribution in [3.05, 3.63) is 65.2 Å². The highest BCUT2D eigenvalue weighted by atomic mass is 16.2. The van der Waals surface area contributed by atoms with Gasteiger partial charge in [0.25, 0.3) is 0 Å². The van der Waals surface area contributed by atoms with Crippen molar-refractivity contribution in [3.8, 4) is 0 Å². The molecule has 0 spiro atoms. The molecule has 3 heteroatoms. The number of urea groups is 1. The summed E-state index contributed by atoms with van der Waals surface area (Å²) in [7, 11) is 0. The van der Waals surface area contributed by atoms with Crippen LogP contribution in [0.5, 0.6) is 0 Å². The van der Waals surface area contributed by atoms with Gasteiger partial charge < -0.3 is 10.6 Å². The molecule has 3 rings (SSSR count). The highest BCUT2D eigenvalue weighted by Crippen LogP contribution is 2.40. The Morgan fingerprint density at radius 3 is 2.62 bits per heavy atom. The van der Waals surface area contributed by atoms with Crippen molar-refractivity contribution in [1.82, 2.24) is 5.32 Å². The van der Waals surface area contributed by atoms with Crippen LogP contribution in [0.15, 0.2) is 48.5 Å². The lowest BCUT2D eigenvalue weighted by molar-refractivity contribution is 0.251. The fraction of sp³-hybridized carbons (Fsp3) is 0.278. The third-order valence-electron chi connectivity index (χ3n) is 3.98. The zero-order chi connectivity index (χ0) is 14.8. The van der Waals surface area contributed by atoms with Crippen LogP contribution in [0.4, 0.5) is 10.5 Å². The molecule has 2 aromatic rings. The second-order valence-electron chi connectivity index (χ2n) is 5.78. The highest BCUT2D eigenvalue weighted by Gasteiger charge is 2.39. The lowest BCUT2D eigenvalue weighted by Gasteiger charge is -2.10. The molecule has 2 aromatic carbocycles. The van der Waals surface area contributed by atoms with Gasteiger partial charge in [-0.1, -0.05) is 42.5 Å². The van der Waals surface area contributed by atoms with Crippen molar-refractivity contribution in [2.45, 2.75) is 32.2 Å². The summed E-state index contributed by atoms with van der Waals surface area (Å²) in [5.41, 5.74) is 4.40. The van der Waals surface area contributed by atoms with E-state index in [0.29, 0.717) is 5.92 Å². The molecule has 1 aliphatic carbocycles. The second kappa shape index (κ2) is 5.60. The average molecular weight is 280 g/mol. The Labute approximate surface area is 125 Å². The lowest BCUT2D eigenvalue weighted by Crippen LogP contribution is -2.31. The van der Waals surface area contributed by atoms with E-state index >= 15 is 0 Å². The molecular weight excluding hydrogens is 260 g/mol. The van der Waals surface area contributed by atoms with E-state index in [1.54, 1.807) is 0 Å². The van der Waals surface area contributed by atoms with Crippen molar-refractivity contribution in [2.75, 3.05) is 5.32 Å². The quantitative estimate of drug-likeness (QED) is 0.877. The standard InChI is InChI=1S/C18H20N2O/c1-12-8-9-13(2)16(10-12)19-18(21)20-17-11-15(17)14-6-4-3-5-7-14/h3-10,15,17H,11H2,1-2H3,(H2,19,20,21). The minimum atomic E-state index is -0.118. The number of amides is 2. The van der Waals surface area contributed by atoms with E-state index in [-0.39, 0.29) is 12.1 Å². The topological polar surface area (TPSA) is 41.1 Å². The van der Waals surface area contributed by atoms with Crippen molar-refractivity contribution in [2.24, 2.45) is 0 Å². The molecule has 3 nitrogen and oxygen atoms in total. The van der Waals surface area contributed by atoms with Gasteiger partial charge in [-0.3, -0.25) is 0 Å². The first kappa shape index (κ1) is 13.7. The Hall–Kier alpha value is -2.29. The van der Waals surface area contributed by atoms with E-state index in [4.69, 9.17) is 0 Å². The Bertz CT molecular complexity index is 652. The van der Waals surface area contributed by atoms with E-state index in [9.17, 15) is 4.79 Å². The first-order valence-corrected chi connectivity index (χ1v) is 7.33. The predicted octanol–water partition coefficient (Wildman–Crippen LogP) is 3.98. The van der Waals surface area contributed by atoms with Crippen LogP contribution < -0.4 is 10.6 Å². The smallest absolute Gasteiger partial charge is 0.319 e. The molecule has 0 radical (unpaired) electrons. The Morgan fingerprint density at radius 2 is 1.86 bits per heavy atom. The zero-order valence-corrected chi connectivity index (χ0v) is 12.4. The molecule has 108 valence electrons. The largest absolute Gasteiger partial charge is 0.334 e. The third-order valence-corrected chi connectivity index (χ3v) is 3.98. The van der Waals surface area contributed by atoms with Crippen molar-refractivity contribution < 1.29 is 4.79 Å². The Balaban J connectivity index is 1.57. The van der Waals surface area contributed by atoms with Crippen LogP contribution in [0.2, 0.25) is 0 Å². The number of hydrogen-bond acceptors (Lipinski definition) is 1.